The molecule has 1 aromatic rings. The number of sulfonamides is 1. The standard InChI is InChI=1S/C21H35N5O3S.HI/c1-3-26-12-4-6-18(26)15-24-21(22-2)23-14-17-8-10-20(11-9-17)30(27,28)25-16-19-7-5-13-29-19;/h8-11,18-19,25H,3-7,12-16H2,1-2H3,(H2,22,23,24);1H. The van der Waals surface area contributed by atoms with E-state index in [1.807, 2.05) is 12.1 Å². The van der Waals surface area contributed by atoms with Crippen LogP contribution in [0.5, 0.6) is 0 Å². The van der Waals surface area contributed by atoms with E-state index >= 15 is 0 Å². The number of ether oxygens (including phenoxy) is 1. The van der Waals surface area contributed by atoms with E-state index in [2.05, 4.69) is 32.2 Å². The Bertz CT molecular complexity index is 798. The highest BCUT2D eigenvalue weighted by Crippen LogP contribution is 2.16. The molecule has 2 fully saturated rings. The van der Waals surface area contributed by atoms with Gasteiger partial charge in [0.2, 0.25) is 10.0 Å². The number of benzene rings is 1. The molecule has 0 spiro atoms. The quantitative estimate of drug-likeness (QED) is 0.241. The molecule has 2 saturated heterocycles. The molecule has 2 atom stereocenters. The second-order valence-corrected chi connectivity index (χ2v) is 9.63. The first kappa shape index (κ1) is 26.3. The summed E-state index contributed by atoms with van der Waals surface area (Å²) >= 11 is 0. The van der Waals surface area contributed by atoms with Crippen LogP contribution in [0, 0.1) is 0 Å². The minimum atomic E-state index is -3.52. The largest absolute Gasteiger partial charge is 0.377 e. The van der Waals surface area contributed by atoms with Gasteiger partial charge in [-0.2, -0.15) is 0 Å². The molecule has 0 aliphatic carbocycles. The van der Waals surface area contributed by atoms with Crippen LogP contribution in [-0.4, -0.2) is 71.3 Å². The normalized spacial score (nSPS) is 22.3. The molecular formula is C21H36IN5O3S. The molecule has 2 heterocycles. The SMILES string of the molecule is CCN1CCCC1CNC(=NC)NCc1ccc(S(=O)(=O)NCC2CCCO2)cc1.I. The predicted octanol–water partition coefficient (Wildman–Crippen LogP) is 1.91. The zero-order chi connectivity index (χ0) is 21.4. The van der Waals surface area contributed by atoms with Gasteiger partial charge in [0.1, 0.15) is 0 Å². The Morgan fingerprint density at radius 2 is 1.94 bits per heavy atom. The third-order valence-corrected chi connectivity index (χ3v) is 7.29. The highest BCUT2D eigenvalue weighted by atomic mass is 127. The minimum absolute atomic E-state index is 0. The summed E-state index contributed by atoms with van der Waals surface area (Å²) in [5, 5.41) is 6.71. The van der Waals surface area contributed by atoms with Gasteiger partial charge in [-0.25, -0.2) is 13.1 Å². The van der Waals surface area contributed by atoms with E-state index in [1.165, 1.54) is 19.4 Å². The number of rotatable bonds is 9. The lowest BCUT2D eigenvalue weighted by Gasteiger charge is -2.24. The van der Waals surface area contributed by atoms with Crippen LogP contribution in [-0.2, 0) is 21.3 Å². The van der Waals surface area contributed by atoms with E-state index in [9.17, 15) is 8.42 Å². The Balaban J connectivity index is 0.00000341. The monoisotopic (exact) mass is 565 g/mol. The number of guanidine groups is 1. The van der Waals surface area contributed by atoms with Crippen molar-refractivity contribution < 1.29 is 13.2 Å². The van der Waals surface area contributed by atoms with Crippen molar-refractivity contribution in [2.24, 2.45) is 4.99 Å². The van der Waals surface area contributed by atoms with Crippen LogP contribution >= 0.6 is 24.0 Å². The van der Waals surface area contributed by atoms with Crippen molar-refractivity contribution in [1.29, 1.82) is 0 Å². The van der Waals surface area contributed by atoms with E-state index in [4.69, 9.17) is 4.74 Å². The molecule has 10 heteroatoms. The smallest absolute Gasteiger partial charge is 0.240 e. The number of aliphatic imine (C=N–C) groups is 1. The van der Waals surface area contributed by atoms with Gasteiger partial charge in [0.05, 0.1) is 11.0 Å². The van der Waals surface area contributed by atoms with Gasteiger partial charge in [-0.05, 0) is 56.5 Å². The van der Waals surface area contributed by atoms with Crippen molar-refractivity contribution >= 4 is 40.0 Å². The number of halogens is 1. The van der Waals surface area contributed by atoms with Gasteiger partial charge < -0.3 is 15.4 Å². The van der Waals surface area contributed by atoms with Crippen LogP contribution in [0.1, 0.15) is 38.2 Å². The Morgan fingerprint density at radius 1 is 1.16 bits per heavy atom. The summed E-state index contributed by atoms with van der Waals surface area (Å²) in [6.07, 6.45) is 4.35. The molecule has 0 saturated carbocycles. The van der Waals surface area contributed by atoms with Crippen LogP contribution in [0.4, 0.5) is 0 Å². The average Bonchev–Trinajstić information content (AvgIpc) is 3.44. The molecule has 0 bridgehead atoms. The Kier molecular flexibility index (Phi) is 11.0. The molecule has 8 nitrogen and oxygen atoms in total. The molecule has 2 aliphatic rings. The Morgan fingerprint density at radius 3 is 2.58 bits per heavy atom. The highest BCUT2D eigenvalue weighted by Gasteiger charge is 2.23. The summed E-state index contributed by atoms with van der Waals surface area (Å²) in [4.78, 5) is 7.06. The number of likely N-dealkylation sites (N-methyl/N-ethyl adjacent to an activating group) is 1. The lowest BCUT2D eigenvalue weighted by Crippen LogP contribution is -2.44. The molecule has 0 amide bonds. The van der Waals surface area contributed by atoms with Gasteiger partial charge in [0, 0.05) is 39.3 Å². The number of nitrogens with one attached hydrogen (secondary N) is 3. The third kappa shape index (κ3) is 7.85. The van der Waals surface area contributed by atoms with Crippen molar-refractivity contribution in [3.8, 4) is 0 Å². The van der Waals surface area contributed by atoms with E-state index in [0.29, 0.717) is 25.7 Å². The van der Waals surface area contributed by atoms with Crippen molar-refractivity contribution in [1.82, 2.24) is 20.3 Å². The third-order valence-electron chi connectivity index (χ3n) is 5.85. The van der Waals surface area contributed by atoms with Crippen molar-refractivity contribution in [2.75, 3.05) is 39.8 Å². The maximum atomic E-state index is 12.5. The van der Waals surface area contributed by atoms with E-state index < -0.39 is 10.0 Å². The molecule has 31 heavy (non-hydrogen) atoms. The van der Waals surface area contributed by atoms with Crippen molar-refractivity contribution in [3.05, 3.63) is 29.8 Å². The van der Waals surface area contributed by atoms with E-state index in [1.54, 1.807) is 19.2 Å². The molecule has 2 unspecified atom stereocenters. The molecular weight excluding hydrogens is 529 g/mol. The van der Waals surface area contributed by atoms with Gasteiger partial charge in [-0.15, -0.1) is 24.0 Å². The van der Waals surface area contributed by atoms with Crippen molar-refractivity contribution in [2.45, 2.75) is 56.2 Å². The molecule has 0 aromatic heterocycles. The summed E-state index contributed by atoms with van der Waals surface area (Å²) in [6.45, 7) is 6.94. The van der Waals surface area contributed by atoms with Crippen LogP contribution in [0.2, 0.25) is 0 Å². The number of hydrogen-bond acceptors (Lipinski definition) is 5. The zero-order valence-corrected chi connectivity index (χ0v) is 21.6. The van der Waals surface area contributed by atoms with Gasteiger partial charge in [0.25, 0.3) is 0 Å². The van der Waals surface area contributed by atoms with E-state index in [0.717, 1.165) is 37.5 Å². The van der Waals surface area contributed by atoms with Crippen LogP contribution in [0.3, 0.4) is 0 Å². The minimum Gasteiger partial charge on any atom is -0.377 e. The maximum Gasteiger partial charge on any atom is 0.240 e. The summed E-state index contributed by atoms with van der Waals surface area (Å²) in [6, 6.07) is 7.50. The fraction of sp³-hybridized carbons (Fsp3) is 0.667. The maximum absolute atomic E-state index is 12.5. The molecule has 1 aromatic carbocycles. The zero-order valence-electron chi connectivity index (χ0n) is 18.5. The summed E-state index contributed by atoms with van der Waals surface area (Å²) in [7, 11) is -1.76. The molecule has 3 rings (SSSR count). The Labute approximate surface area is 203 Å². The van der Waals surface area contributed by atoms with E-state index in [-0.39, 0.29) is 35.0 Å². The Hall–Kier alpha value is -0.950. The predicted molar refractivity (Wildman–Crippen MR) is 134 cm³/mol. The van der Waals surface area contributed by atoms with Crippen LogP contribution in [0.25, 0.3) is 0 Å². The van der Waals surface area contributed by atoms with Crippen molar-refractivity contribution in [3.63, 3.8) is 0 Å². The average molecular weight is 566 g/mol. The second-order valence-electron chi connectivity index (χ2n) is 7.86. The number of nitrogens with zero attached hydrogens (tertiary/aromatic N) is 2. The van der Waals surface area contributed by atoms with Crippen LogP contribution < -0.4 is 15.4 Å². The number of hydrogen-bond donors (Lipinski definition) is 3. The van der Waals surface area contributed by atoms with Gasteiger partial charge in [-0.3, -0.25) is 9.89 Å². The summed E-state index contributed by atoms with van der Waals surface area (Å²) < 4.78 is 33.0. The lowest BCUT2D eigenvalue weighted by molar-refractivity contribution is 0.114. The molecule has 0 radical (unpaired) electrons. The fourth-order valence-electron chi connectivity index (χ4n) is 4.04. The van der Waals surface area contributed by atoms with Crippen LogP contribution in [0.15, 0.2) is 34.2 Å². The first-order chi connectivity index (χ1) is 14.5. The first-order valence-corrected chi connectivity index (χ1v) is 12.4. The first-order valence-electron chi connectivity index (χ1n) is 10.9. The molecule has 2 aliphatic heterocycles. The number of likely N-dealkylation sites (tertiary alicyclic amines) is 1. The lowest BCUT2D eigenvalue weighted by atomic mass is 10.2. The fourth-order valence-corrected chi connectivity index (χ4v) is 5.11. The summed E-state index contributed by atoms with van der Waals surface area (Å²) in [5.41, 5.74) is 0.993. The second kappa shape index (κ2) is 12.9. The summed E-state index contributed by atoms with van der Waals surface area (Å²) in [5.74, 6) is 0.757. The van der Waals surface area contributed by atoms with Gasteiger partial charge in [0.15, 0.2) is 5.96 Å². The topological polar surface area (TPSA) is 95.1 Å². The molecule has 3 N–H and O–H groups in total. The van der Waals surface area contributed by atoms with Gasteiger partial charge in [-0.1, -0.05) is 19.1 Å². The highest BCUT2D eigenvalue weighted by molar-refractivity contribution is 14.0. The molecule has 176 valence electrons. The van der Waals surface area contributed by atoms with Gasteiger partial charge >= 0.3 is 0 Å².